The Morgan fingerprint density at radius 2 is 2.27 bits per heavy atom. The van der Waals surface area contributed by atoms with Crippen LogP contribution in [0.4, 0.5) is 5.69 Å². The van der Waals surface area contributed by atoms with Crippen molar-refractivity contribution in [1.29, 1.82) is 5.26 Å². The van der Waals surface area contributed by atoms with Crippen LogP contribution in [0.15, 0.2) is 10.5 Å². The Labute approximate surface area is 94.6 Å². The molecule has 6 heteroatoms. The molecule has 0 unspecified atom stereocenters. The van der Waals surface area contributed by atoms with Crippen LogP contribution in [0.3, 0.4) is 0 Å². The van der Waals surface area contributed by atoms with E-state index in [1.807, 2.05) is 0 Å². The van der Waals surface area contributed by atoms with Gasteiger partial charge in [0.15, 0.2) is 0 Å². The van der Waals surface area contributed by atoms with Gasteiger partial charge in [-0.3, -0.25) is 10.1 Å². The Kier molecular flexibility index (Phi) is 3.27. The van der Waals surface area contributed by atoms with Gasteiger partial charge < -0.3 is 4.74 Å². The summed E-state index contributed by atoms with van der Waals surface area (Å²) < 4.78 is 5.50. The van der Waals surface area contributed by atoms with Crippen molar-refractivity contribution in [2.75, 3.05) is 7.11 Å². The normalized spacial score (nSPS) is 9.47. The lowest BCUT2D eigenvalue weighted by atomic mass is 10.1. The summed E-state index contributed by atoms with van der Waals surface area (Å²) in [4.78, 5) is 10.1. The van der Waals surface area contributed by atoms with Crippen LogP contribution >= 0.6 is 15.9 Å². The van der Waals surface area contributed by atoms with E-state index in [4.69, 9.17) is 10.00 Å². The van der Waals surface area contributed by atoms with Gasteiger partial charge in [-0.15, -0.1) is 0 Å². The number of ether oxygens (including phenoxy) is 1. The molecule has 0 radical (unpaired) electrons. The number of rotatable bonds is 2. The van der Waals surface area contributed by atoms with Gasteiger partial charge in [-0.2, -0.15) is 5.26 Å². The SMILES string of the molecule is COc1c(Br)cc([N+](=O)[O-])c(C#N)c1C. The lowest BCUT2D eigenvalue weighted by Crippen LogP contribution is -1.98. The highest BCUT2D eigenvalue weighted by Crippen LogP contribution is 2.36. The lowest BCUT2D eigenvalue weighted by molar-refractivity contribution is -0.385. The van der Waals surface area contributed by atoms with Gasteiger partial charge >= 0.3 is 0 Å². The first-order valence-corrected chi connectivity index (χ1v) is 4.73. The zero-order valence-electron chi connectivity index (χ0n) is 8.07. The van der Waals surface area contributed by atoms with Crippen molar-refractivity contribution in [2.24, 2.45) is 0 Å². The standard InChI is InChI=1S/C9H7BrN2O3/c1-5-6(4-11)8(12(13)14)3-7(10)9(5)15-2/h3H,1-2H3. The summed E-state index contributed by atoms with van der Waals surface area (Å²) in [6, 6.07) is 3.07. The highest BCUT2D eigenvalue weighted by molar-refractivity contribution is 9.10. The topological polar surface area (TPSA) is 76.2 Å². The second-order valence-electron chi connectivity index (χ2n) is 2.78. The number of hydrogen-bond acceptors (Lipinski definition) is 4. The molecule has 0 N–H and O–H groups in total. The molecule has 0 spiro atoms. The number of benzene rings is 1. The Morgan fingerprint density at radius 3 is 2.67 bits per heavy atom. The van der Waals surface area contributed by atoms with Crippen molar-refractivity contribution >= 4 is 21.6 Å². The minimum atomic E-state index is -0.588. The van der Waals surface area contributed by atoms with Gasteiger partial charge in [-0.05, 0) is 22.9 Å². The summed E-state index contributed by atoms with van der Waals surface area (Å²) in [5.74, 6) is 0.442. The summed E-state index contributed by atoms with van der Waals surface area (Å²) in [6.45, 7) is 1.61. The molecule has 15 heavy (non-hydrogen) atoms. The second-order valence-corrected chi connectivity index (χ2v) is 3.63. The number of halogens is 1. The van der Waals surface area contributed by atoms with Gasteiger partial charge in [0.05, 0.1) is 16.5 Å². The van der Waals surface area contributed by atoms with Crippen LogP contribution < -0.4 is 4.74 Å². The smallest absolute Gasteiger partial charge is 0.288 e. The van der Waals surface area contributed by atoms with E-state index in [2.05, 4.69) is 15.9 Å². The second kappa shape index (κ2) is 4.28. The van der Waals surface area contributed by atoms with Crippen LogP contribution in [0.25, 0.3) is 0 Å². The molecular weight excluding hydrogens is 264 g/mol. The first-order valence-electron chi connectivity index (χ1n) is 3.94. The minimum Gasteiger partial charge on any atom is -0.495 e. The van der Waals surface area contributed by atoms with Crippen molar-refractivity contribution < 1.29 is 9.66 Å². The Balaban J connectivity index is 3.61. The highest BCUT2D eigenvalue weighted by Gasteiger charge is 2.21. The minimum absolute atomic E-state index is 0.0278. The summed E-state index contributed by atoms with van der Waals surface area (Å²) >= 11 is 3.15. The molecule has 0 bridgehead atoms. The molecule has 1 aromatic carbocycles. The van der Waals surface area contributed by atoms with Crippen LogP contribution in [-0.2, 0) is 0 Å². The first-order chi connectivity index (χ1) is 7.02. The molecule has 0 saturated carbocycles. The molecule has 0 aromatic heterocycles. The molecule has 0 aliphatic rings. The zero-order chi connectivity index (χ0) is 11.6. The van der Waals surface area contributed by atoms with Crippen molar-refractivity contribution in [2.45, 2.75) is 6.92 Å². The van der Waals surface area contributed by atoms with Gasteiger partial charge in [-0.1, -0.05) is 0 Å². The monoisotopic (exact) mass is 270 g/mol. The maximum Gasteiger partial charge on any atom is 0.288 e. The number of hydrogen-bond donors (Lipinski definition) is 0. The third kappa shape index (κ3) is 1.92. The van der Waals surface area contributed by atoms with E-state index in [-0.39, 0.29) is 11.3 Å². The number of nitro benzene ring substituents is 1. The van der Waals surface area contributed by atoms with Gasteiger partial charge in [0, 0.05) is 11.6 Å². The Hall–Kier alpha value is -1.61. The molecule has 0 atom stereocenters. The summed E-state index contributed by atoms with van der Waals surface area (Å²) in [5.41, 5.74) is 0.267. The number of nitriles is 1. The van der Waals surface area contributed by atoms with E-state index < -0.39 is 4.92 Å². The van der Waals surface area contributed by atoms with Gasteiger partial charge in [-0.25, -0.2) is 0 Å². The fraction of sp³-hybridized carbons (Fsp3) is 0.222. The quantitative estimate of drug-likeness (QED) is 0.611. The van der Waals surface area contributed by atoms with E-state index in [1.54, 1.807) is 13.0 Å². The third-order valence-corrected chi connectivity index (χ3v) is 2.55. The van der Waals surface area contributed by atoms with Crippen molar-refractivity contribution in [3.05, 3.63) is 31.8 Å². The first kappa shape index (κ1) is 11.5. The van der Waals surface area contributed by atoms with Crippen LogP contribution in [0, 0.1) is 28.4 Å². The third-order valence-electron chi connectivity index (χ3n) is 1.96. The molecule has 78 valence electrons. The summed E-state index contributed by atoms with van der Waals surface area (Å²) in [7, 11) is 1.44. The van der Waals surface area contributed by atoms with E-state index in [0.717, 1.165) is 0 Å². The van der Waals surface area contributed by atoms with E-state index >= 15 is 0 Å². The van der Waals surface area contributed by atoms with E-state index in [9.17, 15) is 10.1 Å². The fourth-order valence-corrected chi connectivity index (χ4v) is 1.95. The molecule has 0 aliphatic heterocycles. The zero-order valence-corrected chi connectivity index (χ0v) is 9.66. The highest BCUT2D eigenvalue weighted by atomic mass is 79.9. The van der Waals surface area contributed by atoms with Gasteiger partial charge in [0.25, 0.3) is 5.69 Å². The van der Waals surface area contributed by atoms with Crippen LogP contribution in [-0.4, -0.2) is 12.0 Å². The van der Waals surface area contributed by atoms with Crippen molar-refractivity contribution in [3.63, 3.8) is 0 Å². The molecule has 0 heterocycles. The summed E-state index contributed by atoms with van der Waals surface area (Å²) in [5, 5.41) is 19.5. The van der Waals surface area contributed by atoms with Gasteiger partial charge in [0.2, 0.25) is 0 Å². The molecule has 1 aromatic rings. The van der Waals surface area contributed by atoms with Crippen LogP contribution in [0.2, 0.25) is 0 Å². The number of nitro groups is 1. The van der Waals surface area contributed by atoms with Crippen molar-refractivity contribution in [1.82, 2.24) is 0 Å². The number of nitrogens with zero attached hydrogens (tertiary/aromatic N) is 2. The Bertz CT molecular complexity index is 465. The largest absolute Gasteiger partial charge is 0.495 e. The maximum atomic E-state index is 10.7. The van der Waals surface area contributed by atoms with E-state index in [0.29, 0.717) is 15.8 Å². The predicted octanol–water partition coefficient (Wildman–Crippen LogP) is 2.55. The van der Waals surface area contributed by atoms with Crippen molar-refractivity contribution in [3.8, 4) is 11.8 Å². The Morgan fingerprint density at radius 1 is 1.67 bits per heavy atom. The lowest BCUT2D eigenvalue weighted by Gasteiger charge is -2.08. The number of methoxy groups -OCH3 is 1. The predicted molar refractivity (Wildman–Crippen MR) is 56.8 cm³/mol. The maximum absolute atomic E-state index is 10.7. The van der Waals surface area contributed by atoms with E-state index in [1.165, 1.54) is 13.2 Å². The molecule has 0 fully saturated rings. The molecule has 0 amide bonds. The average Bonchev–Trinajstić information content (AvgIpc) is 2.17. The average molecular weight is 271 g/mol. The van der Waals surface area contributed by atoms with Crippen LogP contribution in [0.5, 0.6) is 5.75 Å². The molecule has 0 saturated heterocycles. The molecule has 5 nitrogen and oxygen atoms in total. The van der Waals surface area contributed by atoms with Crippen LogP contribution in [0.1, 0.15) is 11.1 Å². The molecular formula is C9H7BrN2O3. The van der Waals surface area contributed by atoms with Gasteiger partial charge in [0.1, 0.15) is 17.4 Å². The fourth-order valence-electron chi connectivity index (χ4n) is 1.28. The summed E-state index contributed by atoms with van der Waals surface area (Å²) in [6.07, 6.45) is 0. The molecule has 0 aliphatic carbocycles. The molecule has 1 rings (SSSR count).